The predicted octanol–water partition coefficient (Wildman–Crippen LogP) is 4.08. The lowest BCUT2D eigenvalue weighted by atomic mass is 10.2. The number of ether oxygens (including phenoxy) is 1. The van der Waals surface area contributed by atoms with Crippen molar-refractivity contribution in [2.75, 3.05) is 19.0 Å². The van der Waals surface area contributed by atoms with Gasteiger partial charge in [0.15, 0.2) is 5.13 Å². The molecule has 0 bridgehead atoms. The summed E-state index contributed by atoms with van der Waals surface area (Å²) in [6, 6.07) is 7.48. The number of nitrogens with zero attached hydrogens (tertiary/aromatic N) is 2. The van der Waals surface area contributed by atoms with Crippen molar-refractivity contribution in [1.29, 1.82) is 0 Å². The molecule has 1 aromatic heterocycles. The Labute approximate surface area is 177 Å². The Morgan fingerprint density at radius 2 is 2.25 bits per heavy atom. The van der Waals surface area contributed by atoms with Crippen molar-refractivity contribution in [1.82, 2.24) is 9.88 Å². The van der Waals surface area contributed by atoms with Crippen LogP contribution in [0.3, 0.4) is 0 Å². The fourth-order valence-electron chi connectivity index (χ4n) is 2.57. The fourth-order valence-corrected chi connectivity index (χ4v) is 4.58. The van der Waals surface area contributed by atoms with Gasteiger partial charge in [-0.3, -0.25) is 14.5 Å². The second-order valence-electron chi connectivity index (χ2n) is 6.06. The summed E-state index contributed by atoms with van der Waals surface area (Å²) in [5.41, 5.74) is 1.75. The molecular weight excluding hydrogens is 414 g/mol. The number of rotatable bonds is 7. The fraction of sp³-hybridized carbons (Fsp3) is 0.263. The minimum Gasteiger partial charge on any atom is -0.497 e. The van der Waals surface area contributed by atoms with Crippen molar-refractivity contribution in [2.45, 2.75) is 19.8 Å². The van der Waals surface area contributed by atoms with Gasteiger partial charge in [-0.05, 0) is 37.1 Å². The van der Waals surface area contributed by atoms with Crippen LogP contribution in [0.2, 0.25) is 0 Å². The van der Waals surface area contributed by atoms with E-state index in [1.54, 1.807) is 18.1 Å². The number of thioether (sulfide) groups is 1. The number of benzene rings is 1. The van der Waals surface area contributed by atoms with Crippen molar-refractivity contribution in [3.63, 3.8) is 0 Å². The van der Waals surface area contributed by atoms with Crippen LogP contribution in [-0.2, 0) is 9.59 Å². The molecule has 1 fully saturated rings. The van der Waals surface area contributed by atoms with Crippen LogP contribution in [0.4, 0.5) is 5.13 Å². The number of aromatic nitrogens is 1. The molecule has 2 aromatic rings. The minimum atomic E-state index is -0.131. The van der Waals surface area contributed by atoms with Crippen LogP contribution >= 0.6 is 35.3 Å². The van der Waals surface area contributed by atoms with Crippen molar-refractivity contribution >= 4 is 62.7 Å². The Hall–Kier alpha value is -2.23. The molecule has 0 spiro atoms. The molecule has 28 heavy (non-hydrogen) atoms. The third-order valence-corrected chi connectivity index (χ3v) is 6.17. The van der Waals surface area contributed by atoms with Gasteiger partial charge in [0.1, 0.15) is 10.1 Å². The zero-order valence-electron chi connectivity index (χ0n) is 15.4. The Bertz CT molecular complexity index is 939. The molecule has 1 aromatic carbocycles. The van der Waals surface area contributed by atoms with E-state index in [1.807, 2.05) is 36.6 Å². The molecule has 0 radical (unpaired) electrons. The lowest BCUT2D eigenvalue weighted by Gasteiger charge is -2.13. The average Bonchev–Trinajstić information content (AvgIpc) is 3.19. The Balaban J connectivity index is 1.54. The van der Waals surface area contributed by atoms with E-state index in [2.05, 4.69) is 10.3 Å². The van der Waals surface area contributed by atoms with Gasteiger partial charge in [0.25, 0.3) is 5.91 Å². The van der Waals surface area contributed by atoms with E-state index in [9.17, 15) is 9.59 Å². The van der Waals surface area contributed by atoms with Gasteiger partial charge >= 0.3 is 0 Å². The largest absolute Gasteiger partial charge is 0.497 e. The van der Waals surface area contributed by atoms with Crippen LogP contribution in [0.15, 0.2) is 34.6 Å². The summed E-state index contributed by atoms with van der Waals surface area (Å²) in [5, 5.41) is 5.24. The van der Waals surface area contributed by atoms with E-state index in [4.69, 9.17) is 17.0 Å². The van der Waals surface area contributed by atoms with Gasteiger partial charge in [0, 0.05) is 18.3 Å². The van der Waals surface area contributed by atoms with E-state index in [0.29, 0.717) is 33.7 Å². The highest BCUT2D eigenvalue weighted by molar-refractivity contribution is 8.26. The van der Waals surface area contributed by atoms with Gasteiger partial charge in [-0.15, -0.1) is 11.3 Å². The molecule has 146 valence electrons. The number of hydrogen-bond acceptors (Lipinski definition) is 7. The molecule has 1 N–H and O–H groups in total. The van der Waals surface area contributed by atoms with E-state index in [-0.39, 0.29) is 11.8 Å². The van der Waals surface area contributed by atoms with Gasteiger partial charge in [-0.25, -0.2) is 4.98 Å². The number of nitrogens with one attached hydrogen (secondary N) is 1. The number of thiocarbonyl (C=S) groups is 1. The molecular formula is C19H19N3O3S3. The van der Waals surface area contributed by atoms with Crippen molar-refractivity contribution < 1.29 is 14.3 Å². The summed E-state index contributed by atoms with van der Waals surface area (Å²) in [6.45, 7) is 2.28. The first-order valence-electron chi connectivity index (χ1n) is 8.57. The third-order valence-electron chi connectivity index (χ3n) is 3.92. The normalized spacial score (nSPS) is 15.4. The maximum Gasteiger partial charge on any atom is 0.266 e. The van der Waals surface area contributed by atoms with Gasteiger partial charge in [0.2, 0.25) is 5.91 Å². The smallest absolute Gasteiger partial charge is 0.266 e. The summed E-state index contributed by atoms with van der Waals surface area (Å²) in [4.78, 5) is 31.0. The number of methoxy groups -OCH3 is 1. The number of amides is 2. The predicted molar refractivity (Wildman–Crippen MR) is 118 cm³/mol. The summed E-state index contributed by atoms with van der Waals surface area (Å²) in [7, 11) is 1.60. The Kier molecular flexibility index (Phi) is 6.82. The van der Waals surface area contributed by atoms with Crippen molar-refractivity contribution in [2.24, 2.45) is 0 Å². The molecule has 6 nitrogen and oxygen atoms in total. The number of carbonyl (C=O) groups excluding carboxylic acids is 2. The van der Waals surface area contributed by atoms with Crippen LogP contribution in [0.25, 0.3) is 6.08 Å². The molecule has 0 aliphatic carbocycles. The van der Waals surface area contributed by atoms with Crippen LogP contribution in [-0.4, -0.2) is 39.7 Å². The third kappa shape index (κ3) is 5.18. The molecule has 0 unspecified atom stereocenters. The van der Waals surface area contributed by atoms with Crippen LogP contribution < -0.4 is 10.1 Å². The van der Waals surface area contributed by atoms with E-state index >= 15 is 0 Å². The van der Waals surface area contributed by atoms with Crippen molar-refractivity contribution in [3.05, 3.63) is 45.8 Å². The van der Waals surface area contributed by atoms with E-state index < -0.39 is 0 Å². The number of aryl methyl sites for hydroxylation is 1. The summed E-state index contributed by atoms with van der Waals surface area (Å²) < 4.78 is 5.72. The molecule has 1 aliphatic heterocycles. The Morgan fingerprint density at radius 1 is 1.43 bits per heavy atom. The maximum atomic E-state index is 12.7. The molecule has 2 amide bonds. The van der Waals surface area contributed by atoms with Gasteiger partial charge in [-0.1, -0.05) is 36.1 Å². The van der Waals surface area contributed by atoms with Crippen LogP contribution in [0, 0.1) is 6.92 Å². The van der Waals surface area contributed by atoms with Crippen LogP contribution in [0.1, 0.15) is 24.1 Å². The lowest BCUT2D eigenvalue weighted by Crippen LogP contribution is -2.29. The molecule has 0 atom stereocenters. The molecule has 1 aliphatic rings. The molecule has 3 rings (SSSR count). The second kappa shape index (κ2) is 9.31. The van der Waals surface area contributed by atoms with E-state index in [0.717, 1.165) is 17.0 Å². The maximum absolute atomic E-state index is 12.7. The molecule has 2 heterocycles. The molecule has 9 heteroatoms. The summed E-state index contributed by atoms with van der Waals surface area (Å²) >= 11 is 8.01. The first-order valence-corrected chi connectivity index (χ1v) is 10.7. The molecule has 1 saturated heterocycles. The van der Waals surface area contributed by atoms with E-state index in [1.165, 1.54) is 23.1 Å². The first-order chi connectivity index (χ1) is 13.5. The zero-order chi connectivity index (χ0) is 20.1. The second-order valence-corrected chi connectivity index (χ2v) is 8.59. The van der Waals surface area contributed by atoms with Gasteiger partial charge < -0.3 is 10.1 Å². The average molecular weight is 434 g/mol. The Morgan fingerprint density at radius 3 is 2.96 bits per heavy atom. The lowest BCUT2D eigenvalue weighted by molar-refractivity contribution is -0.122. The SMILES string of the molecule is COc1cccc(/C=C2\SC(=S)N(CCCC(=O)Nc3nc(C)cs3)C2=O)c1. The van der Waals surface area contributed by atoms with Crippen LogP contribution in [0.5, 0.6) is 5.75 Å². The standard InChI is InChI=1S/C19H19N3O3S3/c1-12-11-27-18(20-12)21-16(23)7-4-8-22-17(24)15(28-19(22)26)10-13-5-3-6-14(9-13)25-2/h3,5-6,9-11H,4,7-8H2,1-2H3,(H,20,21,23)/b15-10-. The topological polar surface area (TPSA) is 71.5 Å². The zero-order valence-corrected chi connectivity index (χ0v) is 17.9. The monoisotopic (exact) mass is 433 g/mol. The number of thiazole rings is 1. The highest BCUT2D eigenvalue weighted by atomic mass is 32.2. The molecule has 0 saturated carbocycles. The number of hydrogen-bond donors (Lipinski definition) is 1. The van der Waals surface area contributed by atoms with Gasteiger partial charge in [0.05, 0.1) is 17.7 Å². The number of carbonyl (C=O) groups is 2. The minimum absolute atomic E-state index is 0.119. The summed E-state index contributed by atoms with van der Waals surface area (Å²) in [6.07, 6.45) is 2.62. The quantitative estimate of drug-likeness (QED) is 0.524. The van der Waals surface area contributed by atoms with Gasteiger partial charge in [-0.2, -0.15) is 0 Å². The first kappa shape index (κ1) is 20.5. The highest BCUT2D eigenvalue weighted by Gasteiger charge is 2.31. The summed E-state index contributed by atoms with van der Waals surface area (Å²) in [5.74, 6) is 0.478. The van der Waals surface area contributed by atoms with Crippen molar-refractivity contribution in [3.8, 4) is 5.75 Å². The highest BCUT2D eigenvalue weighted by Crippen LogP contribution is 2.33. The number of anilines is 1.